The maximum atomic E-state index is 12.7. The minimum Gasteiger partial charge on any atom is -0.488 e. The first-order valence-electron chi connectivity index (χ1n) is 9.38. The molecule has 2 aromatic rings. The van der Waals surface area contributed by atoms with E-state index in [0.29, 0.717) is 6.54 Å². The molecule has 1 fully saturated rings. The first-order chi connectivity index (χ1) is 12.6. The van der Waals surface area contributed by atoms with Crippen LogP contribution in [0.3, 0.4) is 0 Å². The number of ketones is 1. The Balaban J connectivity index is 1.32. The Morgan fingerprint density at radius 2 is 2.04 bits per heavy atom. The first kappa shape index (κ1) is 17.7. The van der Waals surface area contributed by atoms with Crippen LogP contribution in [-0.4, -0.2) is 35.7 Å². The zero-order chi connectivity index (χ0) is 18.1. The van der Waals surface area contributed by atoms with E-state index in [1.54, 1.807) is 11.3 Å². The summed E-state index contributed by atoms with van der Waals surface area (Å²) in [6.07, 6.45) is 2.82. The van der Waals surface area contributed by atoms with Crippen LogP contribution in [0, 0.1) is 12.8 Å². The number of hydrogen-bond acceptors (Lipinski definition) is 5. The number of aliphatic hydroxyl groups excluding tert-OH is 1. The molecule has 1 saturated carbocycles. The van der Waals surface area contributed by atoms with E-state index in [1.807, 2.05) is 36.4 Å². The summed E-state index contributed by atoms with van der Waals surface area (Å²) in [6, 6.07) is 11.7. The van der Waals surface area contributed by atoms with Crippen molar-refractivity contribution in [3.05, 3.63) is 51.7 Å². The number of benzene rings is 1. The van der Waals surface area contributed by atoms with Crippen LogP contribution < -0.4 is 10.1 Å². The molecule has 138 valence electrons. The van der Waals surface area contributed by atoms with Crippen molar-refractivity contribution >= 4 is 17.1 Å². The summed E-state index contributed by atoms with van der Waals surface area (Å²) in [7, 11) is 0. The van der Waals surface area contributed by atoms with E-state index in [1.165, 1.54) is 9.75 Å². The Bertz CT molecular complexity index is 773. The molecule has 1 unspecified atom stereocenters. The lowest BCUT2D eigenvalue weighted by atomic mass is 9.87. The van der Waals surface area contributed by atoms with Gasteiger partial charge in [-0.2, -0.15) is 0 Å². The van der Waals surface area contributed by atoms with E-state index >= 15 is 0 Å². The third-order valence-corrected chi connectivity index (χ3v) is 6.61. The minimum atomic E-state index is -0.548. The van der Waals surface area contributed by atoms with E-state index < -0.39 is 6.10 Å². The number of thiophene rings is 1. The SMILES string of the molecule is Cc1cc2c(s1)CCC(CN[C@@H]1CC[C@H](Oc3ccccc3)[C@H]1O)C2=O. The lowest BCUT2D eigenvalue weighted by Crippen LogP contribution is -2.44. The zero-order valence-corrected chi connectivity index (χ0v) is 15.8. The van der Waals surface area contributed by atoms with Crippen molar-refractivity contribution < 1.29 is 14.6 Å². The van der Waals surface area contributed by atoms with E-state index in [4.69, 9.17) is 4.74 Å². The van der Waals surface area contributed by atoms with Gasteiger partial charge in [-0.1, -0.05) is 18.2 Å². The van der Waals surface area contributed by atoms with Crippen molar-refractivity contribution in [2.75, 3.05) is 6.54 Å². The lowest BCUT2D eigenvalue weighted by Gasteiger charge is -2.25. The number of nitrogens with one attached hydrogen (secondary N) is 1. The molecule has 0 saturated heterocycles. The molecular formula is C21H25NO3S. The average Bonchev–Trinajstić information content (AvgIpc) is 3.19. The minimum absolute atomic E-state index is 0.0118. The number of ether oxygens (including phenoxy) is 1. The number of rotatable bonds is 5. The van der Waals surface area contributed by atoms with Crippen molar-refractivity contribution in [2.24, 2.45) is 5.92 Å². The van der Waals surface area contributed by atoms with Crippen LogP contribution in [0.1, 0.15) is 39.4 Å². The molecule has 1 aromatic heterocycles. The van der Waals surface area contributed by atoms with Crippen LogP contribution in [0.2, 0.25) is 0 Å². The quantitative estimate of drug-likeness (QED) is 0.846. The van der Waals surface area contributed by atoms with Gasteiger partial charge in [0.2, 0.25) is 0 Å². The van der Waals surface area contributed by atoms with Crippen molar-refractivity contribution in [1.82, 2.24) is 5.32 Å². The Morgan fingerprint density at radius 1 is 1.23 bits per heavy atom. The summed E-state index contributed by atoms with van der Waals surface area (Å²) < 4.78 is 5.92. The third-order valence-electron chi connectivity index (χ3n) is 5.50. The number of fused-ring (bicyclic) bond motifs is 1. The van der Waals surface area contributed by atoms with E-state index in [0.717, 1.165) is 37.0 Å². The van der Waals surface area contributed by atoms with Crippen LogP contribution >= 0.6 is 11.3 Å². The van der Waals surface area contributed by atoms with Gasteiger partial charge in [0.25, 0.3) is 0 Å². The Labute approximate surface area is 158 Å². The predicted octanol–water partition coefficient (Wildman–Crippen LogP) is 3.36. The summed E-state index contributed by atoms with van der Waals surface area (Å²) in [4.78, 5) is 15.2. The molecular weight excluding hydrogens is 346 g/mol. The molecule has 4 rings (SSSR count). The highest BCUT2D eigenvalue weighted by molar-refractivity contribution is 7.12. The fourth-order valence-electron chi connectivity index (χ4n) is 4.07. The molecule has 26 heavy (non-hydrogen) atoms. The monoisotopic (exact) mass is 371 g/mol. The summed E-state index contributed by atoms with van der Waals surface area (Å²) in [6.45, 7) is 2.69. The van der Waals surface area contributed by atoms with Gasteiger partial charge in [0.15, 0.2) is 5.78 Å². The van der Waals surface area contributed by atoms with Crippen molar-refractivity contribution in [3.63, 3.8) is 0 Å². The molecule has 0 spiro atoms. The van der Waals surface area contributed by atoms with Gasteiger partial charge in [-0.25, -0.2) is 0 Å². The molecule has 2 N–H and O–H groups in total. The van der Waals surface area contributed by atoms with E-state index in [9.17, 15) is 9.90 Å². The number of para-hydroxylation sites is 1. The van der Waals surface area contributed by atoms with Crippen LogP contribution in [0.5, 0.6) is 5.75 Å². The molecule has 4 nitrogen and oxygen atoms in total. The molecule has 0 amide bonds. The van der Waals surface area contributed by atoms with Gasteiger partial charge in [-0.3, -0.25) is 4.79 Å². The van der Waals surface area contributed by atoms with E-state index in [-0.39, 0.29) is 23.8 Å². The fraction of sp³-hybridized carbons (Fsp3) is 0.476. The van der Waals surface area contributed by atoms with Crippen LogP contribution in [0.25, 0.3) is 0 Å². The number of carbonyl (C=O) groups is 1. The topological polar surface area (TPSA) is 58.6 Å². The van der Waals surface area contributed by atoms with Crippen LogP contribution in [0.15, 0.2) is 36.4 Å². The molecule has 0 bridgehead atoms. The van der Waals surface area contributed by atoms with Crippen molar-refractivity contribution in [1.29, 1.82) is 0 Å². The molecule has 4 atom stereocenters. The summed E-state index contributed by atoms with van der Waals surface area (Å²) in [5.41, 5.74) is 0.919. The standard InChI is InChI=1S/C21H25NO3S/c1-13-11-16-19(26-13)10-7-14(20(16)23)12-22-17-8-9-18(21(17)24)25-15-5-3-2-4-6-15/h2-6,11,14,17-18,21-22,24H,7-10,12H2,1H3/t14?,17-,18+,21+/m1/s1. The highest BCUT2D eigenvalue weighted by Crippen LogP contribution is 2.32. The summed E-state index contributed by atoms with van der Waals surface area (Å²) in [5, 5.41) is 14.0. The van der Waals surface area contributed by atoms with Gasteiger partial charge in [0, 0.05) is 33.8 Å². The molecule has 2 aliphatic carbocycles. The van der Waals surface area contributed by atoms with Gasteiger partial charge >= 0.3 is 0 Å². The Hall–Kier alpha value is -1.69. The van der Waals surface area contributed by atoms with Gasteiger partial charge in [0.05, 0.1) is 0 Å². The second kappa shape index (κ2) is 7.51. The maximum Gasteiger partial charge on any atom is 0.168 e. The van der Waals surface area contributed by atoms with Crippen molar-refractivity contribution in [2.45, 2.75) is 50.9 Å². The summed E-state index contributed by atoms with van der Waals surface area (Å²) in [5.74, 6) is 1.06. The van der Waals surface area contributed by atoms with Gasteiger partial charge in [0.1, 0.15) is 18.0 Å². The average molecular weight is 372 g/mol. The van der Waals surface area contributed by atoms with Crippen molar-refractivity contribution in [3.8, 4) is 5.75 Å². The normalized spacial score (nSPS) is 28.2. The second-order valence-electron chi connectivity index (χ2n) is 7.35. The Morgan fingerprint density at radius 3 is 2.85 bits per heavy atom. The predicted molar refractivity (Wildman–Crippen MR) is 103 cm³/mol. The molecule has 0 radical (unpaired) electrons. The highest BCUT2D eigenvalue weighted by Gasteiger charge is 2.37. The number of carbonyl (C=O) groups excluding carboxylic acids is 1. The molecule has 1 aromatic carbocycles. The zero-order valence-electron chi connectivity index (χ0n) is 15.0. The first-order valence-corrected chi connectivity index (χ1v) is 10.2. The molecule has 1 heterocycles. The summed E-state index contributed by atoms with van der Waals surface area (Å²) >= 11 is 1.74. The molecule has 5 heteroatoms. The fourth-order valence-corrected chi connectivity index (χ4v) is 5.13. The maximum absolute atomic E-state index is 12.7. The highest BCUT2D eigenvalue weighted by atomic mass is 32.1. The van der Waals surface area contributed by atoms with Gasteiger partial charge in [-0.15, -0.1) is 11.3 Å². The second-order valence-corrected chi connectivity index (χ2v) is 8.69. The van der Waals surface area contributed by atoms with Gasteiger partial charge < -0.3 is 15.2 Å². The number of aliphatic hydroxyl groups is 1. The lowest BCUT2D eigenvalue weighted by molar-refractivity contribution is 0.0442. The van der Waals surface area contributed by atoms with E-state index in [2.05, 4.69) is 12.2 Å². The number of hydrogen-bond donors (Lipinski definition) is 2. The largest absolute Gasteiger partial charge is 0.488 e. The van der Waals surface area contributed by atoms with Crippen LogP contribution in [-0.2, 0) is 6.42 Å². The Kier molecular flexibility index (Phi) is 5.11. The third kappa shape index (κ3) is 3.56. The number of aryl methyl sites for hydroxylation is 2. The number of Topliss-reactive ketones (excluding diaryl/α,β-unsaturated/α-hetero) is 1. The van der Waals surface area contributed by atoms with Crippen LogP contribution in [0.4, 0.5) is 0 Å². The smallest absolute Gasteiger partial charge is 0.168 e. The van der Waals surface area contributed by atoms with Gasteiger partial charge in [-0.05, 0) is 50.8 Å². The molecule has 2 aliphatic rings. The molecule has 0 aliphatic heterocycles.